The molecular formula is C6H8N4. The molecule has 1 aliphatic heterocycles. The number of aromatic nitrogens is 3. The molecule has 10 heavy (non-hydrogen) atoms. The topological polar surface area (TPSA) is 43.1 Å². The molecule has 0 saturated heterocycles. The Kier molecular flexibility index (Phi) is 1.06. The molecule has 0 N–H and O–H groups in total. The van der Waals surface area contributed by atoms with Crippen molar-refractivity contribution in [2.24, 2.45) is 4.99 Å². The van der Waals surface area contributed by atoms with Crippen molar-refractivity contribution in [1.82, 2.24) is 14.8 Å². The van der Waals surface area contributed by atoms with Gasteiger partial charge in [0, 0.05) is 6.54 Å². The van der Waals surface area contributed by atoms with Crippen LogP contribution in [0.1, 0.15) is 12.7 Å². The third-order valence-electron chi connectivity index (χ3n) is 1.63. The third-order valence-corrected chi connectivity index (χ3v) is 1.63. The number of nitrogens with zero attached hydrogens (tertiary/aromatic N) is 4. The summed E-state index contributed by atoms with van der Waals surface area (Å²) in [6.45, 7) is 3.73. The van der Waals surface area contributed by atoms with Crippen molar-refractivity contribution in [2.45, 2.75) is 13.5 Å². The summed E-state index contributed by atoms with van der Waals surface area (Å²) in [6, 6.07) is 0. The minimum atomic E-state index is 0.858. The molecule has 2 heterocycles. The summed E-state index contributed by atoms with van der Waals surface area (Å²) in [4.78, 5) is 4.24. The second-order valence-corrected chi connectivity index (χ2v) is 2.32. The van der Waals surface area contributed by atoms with Crippen LogP contribution in [-0.2, 0) is 6.54 Å². The molecular weight excluding hydrogens is 128 g/mol. The van der Waals surface area contributed by atoms with Crippen molar-refractivity contribution in [2.75, 3.05) is 6.54 Å². The lowest BCUT2D eigenvalue weighted by molar-refractivity contribution is 0.680. The Labute approximate surface area is 58.6 Å². The maximum atomic E-state index is 4.24. The molecule has 0 spiro atoms. The summed E-state index contributed by atoms with van der Waals surface area (Å²) in [7, 11) is 0. The number of rotatable bonds is 0. The van der Waals surface area contributed by atoms with Crippen LogP contribution < -0.4 is 0 Å². The van der Waals surface area contributed by atoms with Crippen LogP contribution >= 0.6 is 0 Å². The summed E-state index contributed by atoms with van der Waals surface area (Å²) < 4.78 is 2.02. The summed E-state index contributed by atoms with van der Waals surface area (Å²) in [5, 5.41) is 7.71. The van der Waals surface area contributed by atoms with Gasteiger partial charge in [-0.05, 0) is 6.92 Å². The molecule has 4 nitrogen and oxygen atoms in total. The van der Waals surface area contributed by atoms with Crippen LogP contribution in [0.2, 0.25) is 0 Å². The summed E-state index contributed by atoms with van der Waals surface area (Å²) in [5.74, 6) is 0.909. The van der Waals surface area contributed by atoms with Gasteiger partial charge in [-0.1, -0.05) is 0 Å². The number of aliphatic imine (C=N–C) groups is 1. The first-order valence-corrected chi connectivity index (χ1v) is 3.27. The predicted octanol–water partition coefficient (Wildman–Crippen LogP) is 0.101. The van der Waals surface area contributed by atoms with E-state index < -0.39 is 0 Å². The average molecular weight is 136 g/mol. The molecule has 0 saturated carbocycles. The van der Waals surface area contributed by atoms with E-state index in [2.05, 4.69) is 15.2 Å². The van der Waals surface area contributed by atoms with Crippen LogP contribution in [0.25, 0.3) is 0 Å². The molecule has 0 unspecified atom stereocenters. The van der Waals surface area contributed by atoms with Gasteiger partial charge in [-0.25, -0.2) is 0 Å². The fraction of sp³-hybridized carbons (Fsp3) is 0.500. The molecule has 2 rings (SSSR count). The molecule has 0 atom stereocenters. The van der Waals surface area contributed by atoms with Crippen molar-refractivity contribution < 1.29 is 0 Å². The highest BCUT2D eigenvalue weighted by molar-refractivity contribution is 5.95. The van der Waals surface area contributed by atoms with Gasteiger partial charge < -0.3 is 4.57 Å². The van der Waals surface area contributed by atoms with E-state index >= 15 is 0 Å². The van der Waals surface area contributed by atoms with Crippen LogP contribution in [0.15, 0.2) is 11.3 Å². The van der Waals surface area contributed by atoms with E-state index in [-0.39, 0.29) is 0 Å². The van der Waals surface area contributed by atoms with Crippen molar-refractivity contribution in [1.29, 1.82) is 0 Å². The van der Waals surface area contributed by atoms with Crippen LogP contribution in [0.3, 0.4) is 0 Å². The second kappa shape index (κ2) is 1.90. The standard InChI is InChI=1S/C6H8N4/c1-5-6-9-8-4-10(6)3-2-7-5/h4H,2-3H2,1H3. The average Bonchev–Trinajstić information content (AvgIpc) is 2.36. The van der Waals surface area contributed by atoms with Crippen molar-refractivity contribution in [3.63, 3.8) is 0 Å². The normalized spacial score (nSPS) is 16.3. The molecule has 0 aromatic carbocycles. The zero-order chi connectivity index (χ0) is 6.97. The van der Waals surface area contributed by atoms with E-state index in [0.29, 0.717) is 0 Å². The largest absolute Gasteiger partial charge is 0.311 e. The summed E-state index contributed by atoms with van der Waals surface area (Å²) in [6.07, 6.45) is 1.74. The van der Waals surface area contributed by atoms with Gasteiger partial charge in [0.15, 0.2) is 5.82 Å². The highest BCUT2D eigenvalue weighted by atomic mass is 15.3. The first-order valence-electron chi connectivity index (χ1n) is 3.27. The quantitative estimate of drug-likeness (QED) is 0.507. The fourth-order valence-electron chi connectivity index (χ4n) is 1.09. The van der Waals surface area contributed by atoms with Crippen LogP contribution in [-0.4, -0.2) is 27.0 Å². The van der Waals surface area contributed by atoms with E-state index in [1.807, 2.05) is 11.5 Å². The SMILES string of the molecule is CC1=NCCn2cnnc21. The van der Waals surface area contributed by atoms with E-state index in [1.165, 1.54) is 0 Å². The van der Waals surface area contributed by atoms with Gasteiger partial charge in [0.05, 0.1) is 12.3 Å². The zero-order valence-electron chi connectivity index (χ0n) is 5.78. The van der Waals surface area contributed by atoms with Gasteiger partial charge in [-0.3, -0.25) is 4.99 Å². The van der Waals surface area contributed by atoms with Gasteiger partial charge in [0.2, 0.25) is 0 Å². The smallest absolute Gasteiger partial charge is 0.177 e. The predicted molar refractivity (Wildman–Crippen MR) is 37.1 cm³/mol. The highest BCUT2D eigenvalue weighted by Gasteiger charge is 2.10. The van der Waals surface area contributed by atoms with E-state index in [1.54, 1.807) is 6.33 Å². The Bertz CT molecular complexity index is 273. The van der Waals surface area contributed by atoms with Crippen molar-refractivity contribution in [3.05, 3.63) is 12.2 Å². The Morgan fingerprint density at radius 1 is 1.60 bits per heavy atom. The van der Waals surface area contributed by atoms with Gasteiger partial charge >= 0.3 is 0 Å². The van der Waals surface area contributed by atoms with Crippen LogP contribution in [0, 0.1) is 0 Å². The van der Waals surface area contributed by atoms with Crippen LogP contribution in [0.5, 0.6) is 0 Å². The monoisotopic (exact) mass is 136 g/mol. The second-order valence-electron chi connectivity index (χ2n) is 2.32. The molecule has 1 aromatic heterocycles. The Hall–Kier alpha value is -1.19. The van der Waals surface area contributed by atoms with Gasteiger partial charge in [-0.15, -0.1) is 10.2 Å². The maximum absolute atomic E-state index is 4.24. The summed E-state index contributed by atoms with van der Waals surface area (Å²) >= 11 is 0. The molecule has 0 amide bonds. The summed E-state index contributed by atoms with van der Waals surface area (Å²) in [5.41, 5.74) is 0.990. The first kappa shape index (κ1) is 5.58. The van der Waals surface area contributed by atoms with Gasteiger partial charge in [0.25, 0.3) is 0 Å². The molecule has 0 radical (unpaired) electrons. The van der Waals surface area contributed by atoms with Gasteiger partial charge in [0.1, 0.15) is 6.33 Å². The van der Waals surface area contributed by atoms with Crippen LogP contribution in [0.4, 0.5) is 0 Å². The van der Waals surface area contributed by atoms with Crippen molar-refractivity contribution >= 4 is 5.71 Å². The molecule has 0 bridgehead atoms. The molecule has 1 aliphatic rings. The zero-order valence-corrected chi connectivity index (χ0v) is 5.78. The maximum Gasteiger partial charge on any atom is 0.177 e. The van der Waals surface area contributed by atoms with E-state index in [0.717, 1.165) is 24.6 Å². The number of hydrogen-bond donors (Lipinski definition) is 0. The lowest BCUT2D eigenvalue weighted by atomic mass is 10.3. The van der Waals surface area contributed by atoms with E-state index in [9.17, 15) is 0 Å². The minimum absolute atomic E-state index is 0.858. The minimum Gasteiger partial charge on any atom is -0.311 e. The lowest BCUT2D eigenvalue weighted by Gasteiger charge is -2.09. The third kappa shape index (κ3) is 0.650. The Balaban J connectivity index is 2.55. The molecule has 4 heteroatoms. The highest BCUT2D eigenvalue weighted by Crippen LogP contribution is 2.02. The Morgan fingerprint density at radius 3 is 3.30 bits per heavy atom. The van der Waals surface area contributed by atoms with Crippen molar-refractivity contribution in [3.8, 4) is 0 Å². The fourth-order valence-corrected chi connectivity index (χ4v) is 1.09. The lowest BCUT2D eigenvalue weighted by Crippen LogP contribution is -2.15. The number of fused-ring (bicyclic) bond motifs is 1. The first-order chi connectivity index (χ1) is 4.88. The molecule has 52 valence electrons. The van der Waals surface area contributed by atoms with Gasteiger partial charge in [-0.2, -0.15) is 0 Å². The molecule has 0 fully saturated rings. The molecule has 0 aliphatic carbocycles. The van der Waals surface area contributed by atoms with E-state index in [4.69, 9.17) is 0 Å². The Morgan fingerprint density at radius 2 is 2.50 bits per heavy atom. The molecule has 1 aromatic rings. The number of hydrogen-bond acceptors (Lipinski definition) is 3.